The number of carbonyl (C=O) groups is 2. The summed E-state index contributed by atoms with van der Waals surface area (Å²) in [6, 6.07) is 12.9. The van der Waals surface area contributed by atoms with Gasteiger partial charge in [-0.1, -0.05) is 59.1 Å². The van der Waals surface area contributed by atoms with Crippen molar-refractivity contribution in [2.45, 2.75) is 39.3 Å². The smallest absolute Gasteiger partial charge is 0.244 e. The van der Waals surface area contributed by atoms with Gasteiger partial charge in [0.05, 0.1) is 11.9 Å². The second-order valence-corrected chi connectivity index (χ2v) is 11.0. The van der Waals surface area contributed by atoms with Gasteiger partial charge in [0.2, 0.25) is 21.8 Å². The molecule has 0 aliphatic heterocycles. The van der Waals surface area contributed by atoms with Crippen molar-refractivity contribution < 1.29 is 18.0 Å². The summed E-state index contributed by atoms with van der Waals surface area (Å²) in [7, 11) is -3.76. The lowest BCUT2D eigenvalue weighted by Gasteiger charge is -2.31. The van der Waals surface area contributed by atoms with Gasteiger partial charge < -0.3 is 10.2 Å². The van der Waals surface area contributed by atoms with Crippen LogP contribution in [0.25, 0.3) is 0 Å². The molecule has 7 nitrogen and oxygen atoms in total. The summed E-state index contributed by atoms with van der Waals surface area (Å²) < 4.78 is 26.8. The maximum absolute atomic E-state index is 13.4. The number of unbranched alkanes of at least 4 members (excludes halogenated alkanes) is 1. The van der Waals surface area contributed by atoms with Crippen LogP contribution in [0.15, 0.2) is 53.0 Å². The van der Waals surface area contributed by atoms with Crippen LogP contribution in [0.3, 0.4) is 0 Å². The van der Waals surface area contributed by atoms with Crippen molar-refractivity contribution in [3.63, 3.8) is 0 Å². The predicted molar refractivity (Wildman–Crippen MR) is 136 cm³/mol. The Morgan fingerprint density at radius 3 is 2.45 bits per heavy atom. The molecule has 2 rings (SSSR count). The fraction of sp³-hybridized carbons (Fsp3) is 0.391. The van der Waals surface area contributed by atoms with Crippen molar-refractivity contribution in [3.05, 3.63) is 63.6 Å². The standard InChI is InChI=1S/C23H29BrClN3O4S/c1-4-5-12-26-23(30)17(2)27(15-18-8-6-10-20(25)13-18)22(29)16-28(33(3,31)32)21-11-7-9-19(24)14-21/h6-11,13-14,17H,4-5,12,15-16H2,1-3H3,(H,26,30). The Morgan fingerprint density at radius 2 is 1.85 bits per heavy atom. The van der Waals surface area contributed by atoms with Crippen LogP contribution in [-0.4, -0.2) is 50.5 Å². The summed E-state index contributed by atoms with van der Waals surface area (Å²) in [4.78, 5) is 27.5. The number of nitrogens with one attached hydrogen (secondary N) is 1. The highest BCUT2D eigenvalue weighted by Gasteiger charge is 2.30. The molecule has 0 aliphatic carbocycles. The first kappa shape index (κ1) is 27.1. The zero-order chi connectivity index (χ0) is 24.6. The number of benzene rings is 2. The number of halogens is 2. The second-order valence-electron chi connectivity index (χ2n) is 7.72. The summed E-state index contributed by atoms with van der Waals surface area (Å²) in [6.45, 7) is 3.83. The maximum atomic E-state index is 13.4. The largest absolute Gasteiger partial charge is 0.354 e. The summed E-state index contributed by atoms with van der Waals surface area (Å²) in [5.74, 6) is -0.800. The maximum Gasteiger partial charge on any atom is 0.244 e. The summed E-state index contributed by atoms with van der Waals surface area (Å²) >= 11 is 9.43. The minimum absolute atomic E-state index is 0.109. The van der Waals surface area contributed by atoms with Crippen LogP contribution in [-0.2, 0) is 26.2 Å². The Kier molecular flexibility index (Phi) is 10.2. The number of rotatable bonds is 11. The van der Waals surface area contributed by atoms with Crippen LogP contribution in [0.2, 0.25) is 5.02 Å². The van der Waals surface area contributed by atoms with Gasteiger partial charge in [-0.25, -0.2) is 8.42 Å². The lowest BCUT2D eigenvalue weighted by molar-refractivity contribution is -0.139. The quantitative estimate of drug-likeness (QED) is 0.419. The van der Waals surface area contributed by atoms with Gasteiger partial charge in [-0.15, -0.1) is 0 Å². The lowest BCUT2D eigenvalue weighted by atomic mass is 10.1. The average molecular weight is 559 g/mol. The Labute approximate surface area is 209 Å². The zero-order valence-corrected chi connectivity index (χ0v) is 22.1. The molecule has 0 saturated carbocycles. The fourth-order valence-corrected chi connectivity index (χ4v) is 4.64. The number of carbonyl (C=O) groups excluding carboxylic acids is 2. The number of sulfonamides is 1. The molecule has 1 unspecified atom stereocenters. The van der Waals surface area contributed by atoms with Crippen LogP contribution in [0.1, 0.15) is 32.3 Å². The Hall–Kier alpha value is -2.10. The molecule has 0 radical (unpaired) electrons. The third-order valence-corrected chi connectivity index (χ3v) is 6.88. The Balaban J connectivity index is 2.34. The first-order chi connectivity index (χ1) is 15.5. The average Bonchev–Trinajstić information content (AvgIpc) is 2.74. The van der Waals surface area contributed by atoms with Crippen LogP contribution >= 0.6 is 27.5 Å². The van der Waals surface area contributed by atoms with Gasteiger partial charge in [0.15, 0.2) is 0 Å². The van der Waals surface area contributed by atoms with Crippen molar-refractivity contribution in [3.8, 4) is 0 Å². The molecular formula is C23H29BrClN3O4S. The van der Waals surface area contributed by atoms with Crippen molar-refractivity contribution in [1.29, 1.82) is 0 Å². The van der Waals surface area contributed by atoms with Crippen LogP contribution < -0.4 is 9.62 Å². The molecule has 1 atom stereocenters. The molecule has 0 bridgehead atoms. The predicted octanol–water partition coefficient (Wildman–Crippen LogP) is 4.20. The first-order valence-electron chi connectivity index (χ1n) is 10.6. The van der Waals surface area contributed by atoms with E-state index < -0.39 is 28.5 Å². The fourth-order valence-electron chi connectivity index (χ4n) is 3.20. The third-order valence-electron chi connectivity index (χ3n) is 5.01. The molecule has 0 fully saturated rings. The van der Waals surface area contributed by atoms with Gasteiger partial charge in [-0.05, 0) is 49.2 Å². The molecule has 0 spiro atoms. The van der Waals surface area contributed by atoms with E-state index in [2.05, 4.69) is 21.2 Å². The monoisotopic (exact) mass is 557 g/mol. The van der Waals surface area contributed by atoms with Gasteiger partial charge in [0, 0.05) is 22.6 Å². The molecule has 0 aliphatic rings. The zero-order valence-electron chi connectivity index (χ0n) is 18.9. The van der Waals surface area contributed by atoms with E-state index >= 15 is 0 Å². The molecule has 180 valence electrons. The highest BCUT2D eigenvalue weighted by molar-refractivity contribution is 9.10. The SMILES string of the molecule is CCCCNC(=O)C(C)N(Cc1cccc(Cl)c1)C(=O)CN(c1cccc(Br)c1)S(C)(=O)=O. The highest BCUT2D eigenvalue weighted by Crippen LogP contribution is 2.23. The minimum Gasteiger partial charge on any atom is -0.354 e. The lowest BCUT2D eigenvalue weighted by Crippen LogP contribution is -2.51. The summed E-state index contributed by atoms with van der Waals surface area (Å²) in [5, 5.41) is 3.35. The van der Waals surface area contributed by atoms with Crippen molar-refractivity contribution in [2.24, 2.45) is 0 Å². The molecule has 1 N–H and O–H groups in total. The third kappa shape index (κ3) is 8.32. The number of anilines is 1. The van der Waals surface area contributed by atoms with E-state index in [0.29, 0.717) is 21.7 Å². The highest BCUT2D eigenvalue weighted by atomic mass is 79.9. The minimum atomic E-state index is -3.76. The van der Waals surface area contributed by atoms with Crippen LogP contribution in [0.4, 0.5) is 5.69 Å². The van der Waals surface area contributed by atoms with Crippen LogP contribution in [0.5, 0.6) is 0 Å². The molecule has 0 saturated heterocycles. The Morgan fingerprint density at radius 1 is 1.15 bits per heavy atom. The first-order valence-corrected chi connectivity index (χ1v) is 13.6. The van der Waals surface area contributed by atoms with E-state index in [1.165, 1.54) is 4.90 Å². The number of hydrogen-bond acceptors (Lipinski definition) is 4. The molecular weight excluding hydrogens is 530 g/mol. The van der Waals surface area contributed by atoms with E-state index in [4.69, 9.17) is 11.6 Å². The summed E-state index contributed by atoms with van der Waals surface area (Å²) in [6.07, 6.45) is 2.80. The van der Waals surface area contributed by atoms with E-state index in [-0.39, 0.29) is 12.5 Å². The van der Waals surface area contributed by atoms with Crippen LogP contribution in [0, 0.1) is 0 Å². The number of amides is 2. The van der Waals surface area contributed by atoms with Gasteiger partial charge in [-0.2, -0.15) is 0 Å². The topological polar surface area (TPSA) is 86.8 Å². The van der Waals surface area contributed by atoms with E-state index in [1.807, 2.05) is 6.92 Å². The summed E-state index contributed by atoms with van der Waals surface area (Å²) in [5.41, 5.74) is 1.08. The second kappa shape index (κ2) is 12.4. The molecule has 2 aromatic carbocycles. The van der Waals surface area contributed by atoms with Crippen molar-refractivity contribution in [1.82, 2.24) is 10.2 Å². The molecule has 0 heterocycles. The van der Waals surface area contributed by atoms with E-state index in [9.17, 15) is 18.0 Å². The van der Waals surface area contributed by atoms with Crippen molar-refractivity contribution in [2.75, 3.05) is 23.7 Å². The molecule has 2 aromatic rings. The normalized spacial score (nSPS) is 12.2. The van der Waals surface area contributed by atoms with E-state index in [0.717, 1.165) is 29.0 Å². The molecule has 10 heteroatoms. The van der Waals surface area contributed by atoms with Crippen molar-refractivity contribution >= 4 is 55.1 Å². The van der Waals surface area contributed by atoms with Gasteiger partial charge in [-0.3, -0.25) is 13.9 Å². The molecule has 33 heavy (non-hydrogen) atoms. The van der Waals surface area contributed by atoms with Gasteiger partial charge in [0.25, 0.3) is 0 Å². The van der Waals surface area contributed by atoms with E-state index in [1.54, 1.807) is 55.5 Å². The molecule has 0 aromatic heterocycles. The number of hydrogen-bond donors (Lipinski definition) is 1. The number of nitrogens with zero attached hydrogens (tertiary/aromatic N) is 2. The Bertz CT molecular complexity index is 1080. The van der Waals surface area contributed by atoms with Gasteiger partial charge in [0.1, 0.15) is 12.6 Å². The molecule has 2 amide bonds. The van der Waals surface area contributed by atoms with Gasteiger partial charge >= 0.3 is 0 Å².